The first-order valence-electron chi connectivity index (χ1n) is 9.41. The highest BCUT2D eigenvalue weighted by Crippen LogP contribution is 2.36. The van der Waals surface area contributed by atoms with E-state index >= 15 is 0 Å². The zero-order chi connectivity index (χ0) is 18.6. The van der Waals surface area contributed by atoms with Crippen molar-refractivity contribution in [1.82, 2.24) is 15.3 Å². The first-order valence-corrected chi connectivity index (χ1v) is 9.41. The van der Waals surface area contributed by atoms with Gasteiger partial charge in [0, 0.05) is 42.9 Å². The van der Waals surface area contributed by atoms with E-state index in [-0.39, 0.29) is 17.7 Å². The molecule has 1 aliphatic carbocycles. The molecule has 144 valence electrons. The molecule has 2 fully saturated rings. The van der Waals surface area contributed by atoms with Crippen LogP contribution < -0.4 is 15.0 Å². The number of nitrogens with one attached hydrogen (secondary N) is 1. The summed E-state index contributed by atoms with van der Waals surface area (Å²) in [6.07, 6.45) is 3.36. The van der Waals surface area contributed by atoms with Gasteiger partial charge >= 0.3 is 0 Å². The average molecular weight is 372 g/mol. The summed E-state index contributed by atoms with van der Waals surface area (Å²) in [6, 6.07) is 5.49. The van der Waals surface area contributed by atoms with E-state index in [1.807, 2.05) is 6.92 Å². The van der Waals surface area contributed by atoms with Crippen LogP contribution in [0.1, 0.15) is 41.9 Å². The Balaban J connectivity index is 1.30. The lowest BCUT2D eigenvalue weighted by Gasteiger charge is -2.35. The molecule has 1 saturated heterocycles. The predicted molar refractivity (Wildman–Crippen MR) is 98.2 cm³/mol. The summed E-state index contributed by atoms with van der Waals surface area (Å²) in [7, 11) is 0. The number of carbonyl (C=O) groups excluding carboxylic acids is 1. The fourth-order valence-electron chi connectivity index (χ4n) is 3.45. The minimum absolute atomic E-state index is 0.130. The van der Waals surface area contributed by atoms with Crippen molar-refractivity contribution in [3.05, 3.63) is 36.0 Å². The molecule has 0 spiro atoms. The zero-order valence-corrected chi connectivity index (χ0v) is 15.4. The number of anilines is 1. The molecular weight excluding hydrogens is 348 g/mol. The standard InChI is InChI=1S/C19H24N4O4/c1-2-26-18-4-3-16(27-18)19(24)22-14-9-13(10-14)15-11-17(21-12-20-15)23-5-7-25-8-6-23/h3-4,11-14H,2,5-10H2,1H3,(H,22,24). The third kappa shape index (κ3) is 4.05. The van der Waals surface area contributed by atoms with Crippen LogP contribution in [0.4, 0.5) is 5.82 Å². The molecule has 3 heterocycles. The van der Waals surface area contributed by atoms with Crippen LogP contribution in [-0.4, -0.2) is 54.8 Å². The Morgan fingerprint density at radius 1 is 1.30 bits per heavy atom. The van der Waals surface area contributed by atoms with Crippen molar-refractivity contribution in [2.75, 3.05) is 37.8 Å². The molecule has 2 aromatic rings. The average Bonchev–Trinajstić information content (AvgIpc) is 3.14. The van der Waals surface area contributed by atoms with Gasteiger partial charge in [0.25, 0.3) is 11.9 Å². The molecule has 8 nitrogen and oxygen atoms in total. The molecule has 0 aromatic carbocycles. The Hall–Kier alpha value is -2.61. The van der Waals surface area contributed by atoms with E-state index in [0.29, 0.717) is 18.5 Å². The Bertz CT molecular complexity index is 782. The van der Waals surface area contributed by atoms with Gasteiger partial charge < -0.3 is 24.1 Å². The summed E-state index contributed by atoms with van der Waals surface area (Å²) >= 11 is 0. The second-order valence-corrected chi connectivity index (χ2v) is 6.79. The van der Waals surface area contributed by atoms with Crippen LogP contribution in [0.2, 0.25) is 0 Å². The highest BCUT2D eigenvalue weighted by Gasteiger charge is 2.33. The molecule has 0 bridgehead atoms. The van der Waals surface area contributed by atoms with Crippen LogP contribution in [0, 0.1) is 0 Å². The normalized spacial score (nSPS) is 22.2. The van der Waals surface area contributed by atoms with E-state index in [0.717, 1.165) is 50.7 Å². The van der Waals surface area contributed by atoms with Crippen molar-refractivity contribution in [3.8, 4) is 5.95 Å². The van der Waals surface area contributed by atoms with Gasteiger partial charge in [-0.3, -0.25) is 4.79 Å². The van der Waals surface area contributed by atoms with Gasteiger partial charge in [0.15, 0.2) is 5.76 Å². The summed E-state index contributed by atoms with van der Waals surface area (Å²) in [5.74, 6) is 1.73. The number of furan rings is 1. The SMILES string of the molecule is CCOc1ccc(C(=O)NC2CC(c3cc(N4CCOCC4)ncn3)C2)o1. The largest absolute Gasteiger partial charge is 0.465 e. The van der Waals surface area contributed by atoms with Gasteiger partial charge in [0.2, 0.25) is 0 Å². The van der Waals surface area contributed by atoms with E-state index in [2.05, 4.69) is 26.3 Å². The third-order valence-electron chi connectivity index (χ3n) is 4.99. The molecule has 4 rings (SSSR count). The van der Waals surface area contributed by atoms with Crippen molar-refractivity contribution in [1.29, 1.82) is 0 Å². The number of morpholine rings is 1. The molecule has 0 unspecified atom stereocenters. The lowest BCUT2D eigenvalue weighted by molar-refractivity contribution is 0.0871. The predicted octanol–water partition coefficient (Wildman–Crippen LogP) is 1.98. The summed E-state index contributed by atoms with van der Waals surface area (Å²) < 4.78 is 16.0. The van der Waals surface area contributed by atoms with Crippen LogP contribution >= 0.6 is 0 Å². The fourth-order valence-corrected chi connectivity index (χ4v) is 3.45. The maximum absolute atomic E-state index is 12.3. The van der Waals surface area contributed by atoms with E-state index < -0.39 is 0 Å². The number of hydrogen-bond donors (Lipinski definition) is 1. The number of ether oxygens (including phenoxy) is 2. The van der Waals surface area contributed by atoms with Crippen molar-refractivity contribution in [2.45, 2.75) is 31.7 Å². The van der Waals surface area contributed by atoms with E-state index in [9.17, 15) is 4.79 Å². The maximum atomic E-state index is 12.3. The van der Waals surface area contributed by atoms with Gasteiger partial charge in [-0.2, -0.15) is 0 Å². The number of aromatic nitrogens is 2. The molecule has 8 heteroatoms. The van der Waals surface area contributed by atoms with E-state index in [1.165, 1.54) is 0 Å². The summed E-state index contributed by atoms with van der Waals surface area (Å²) in [5.41, 5.74) is 1.04. The van der Waals surface area contributed by atoms with Crippen molar-refractivity contribution < 1.29 is 18.7 Å². The minimum Gasteiger partial charge on any atom is -0.465 e. The zero-order valence-electron chi connectivity index (χ0n) is 15.4. The van der Waals surface area contributed by atoms with Gasteiger partial charge in [0.05, 0.1) is 19.8 Å². The second-order valence-electron chi connectivity index (χ2n) is 6.79. The lowest BCUT2D eigenvalue weighted by Crippen LogP contribution is -2.43. The van der Waals surface area contributed by atoms with Gasteiger partial charge in [-0.05, 0) is 25.8 Å². The van der Waals surface area contributed by atoms with E-state index in [4.69, 9.17) is 13.9 Å². The topological polar surface area (TPSA) is 89.7 Å². The highest BCUT2D eigenvalue weighted by atomic mass is 16.6. The minimum atomic E-state index is -0.207. The van der Waals surface area contributed by atoms with Gasteiger partial charge in [-0.1, -0.05) is 0 Å². The smallest absolute Gasteiger partial charge is 0.287 e. The van der Waals surface area contributed by atoms with Gasteiger partial charge in [-0.15, -0.1) is 0 Å². The van der Waals surface area contributed by atoms with Crippen LogP contribution in [0.3, 0.4) is 0 Å². The molecule has 1 aliphatic heterocycles. The van der Waals surface area contributed by atoms with Crippen LogP contribution in [-0.2, 0) is 4.74 Å². The molecule has 1 N–H and O–H groups in total. The van der Waals surface area contributed by atoms with Crippen molar-refractivity contribution in [3.63, 3.8) is 0 Å². The van der Waals surface area contributed by atoms with Crippen LogP contribution in [0.5, 0.6) is 5.95 Å². The van der Waals surface area contributed by atoms with Gasteiger partial charge in [0.1, 0.15) is 12.1 Å². The molecule has 0 radical (unpaired) electrons. The summed E-state index contributed by atoms with van der Waals surface area (Å²) in [6.45, 7) is 5.54. The van der Waals surface area contributed by atoms with Crippen LogP contribution in [0.25, 0.3) is 0 Å². The van der Waals surface area contributed by atoms with Crippen molar-refractivity contribution in [2.24, 2.45) is 0 Å². The third-order valence-corrected chi connectivity index (χ3v) is 4.99. The highest BCUT2D eigenvalue weighted by molar-refractivity contribution is 5.91. The Morgan fingerprint density at radius 2 is 2.11 bits per heavy atom. The number of nitrogens with zero attached hydrogens (tertiary/aromatic N) is 3. The molecule has 27 heavy (non-hydrogen) atoms. The molecular formula is C19H24N4O4. The second kappa shape index (κ2) is 7.96. The first kappa shape index (κ1) is 17.8. The van der Waals surface area contributed by atoms with Crippen molar-refractivity contribution >= 4 is 11.7 Å². The Morgan fingerprint density at radius 3 is 2.89 bits per heavy atom. The van der Waals surface area contributed by atoms with Gasteiger partial charge in [-0.25, -0.2) is 9.97 Å². The molecule has 1 amide bonds. The monoisotopic (exact) mass is 372 g/mol. The Kier molecular flexibility index (Phi) is 5.24. The number of hydrogen-bond acceptors (Lipinski definition) is 7. The summed E-state index contributed by atoms with van der Waals surface area (Å²) in [5, 5.41) is 3.01. The first-order chi connectivity index (χ1) is 13.2. The van der Waals surface area contributed by atoms with E-state index in [1.54, 1.807) is 18.5 Å². The number of amides is 1. The fraction of sp³-hybridized carbons (Fsp3) is 0.526. The van der Waals surface area contributed by atoms with Crippen LogP contribution in [0.15, 0.2) is 28.9 Å². The molecule has 0 atom stereocenters. The molecule has 1 saturated carbocycles. The maximum Gasteiger partial charge on any atom is 0.287 e. The lowest BCUT2D eigenvalue weighted by atomic mass is 9.78. The quantitative estimate of drug-likeness (QED) is 0.829. The summed E-state index contributed by atoms with van der Waals surface area (Å²) in [4.78, 5) is 23.3. The molecule has 2 aliphatic rings. The Labute approximate surface area is 157 Å². The number of carbonyl (C=O) groups is 1. The number of rotatable bonds is 6. The molecule has 2 aromatic heterocycles.